The van der Waals surface area contributed by atoms with Crippen molar-refractivity contribution in [1.82, 2.24) is 5.32 Å². The van der Waals surface area contributed by atoms with E-state index in [4.69, 9.17) is 5.73 Å². The van der Waals surface area contributed by atoms with E-state index in [1.807, 2.05) is 30.3 Å². The first kappa shape index (κ1) is 14.1. The van der Waals surface area contributed by atoms with Gasteiger partial charge in [-0.3, -0.25) is 4.79 Å². The van der Waals surface area contributed by atoms with Gasteiger partial charge in [-0.2, -0.15) is 0 Å². The van der Waals surface area contributed by atoms with E-state index >= 15 is 0 Å². The lowest BCUT2D eigenvalue weighted by Gasteiger charge is -2.13. The van der Waals surface area contributed by atoms with E-state index in [-0.39, 0.29) is 22.8 Å². The van der Waals surface area contributed by atoms with Crippen LogP contribution in [-0.2, 0) is 11.2 Å². The van der Waals surface area contributed by atoms with Crippen molar-refractivity contribution >= 4 is 5.91 Å². The van der Waals surface area contributed by atoms with Gasteiger partial charge >= 0.3 is 0 Å². The van der Waals surface area contributed by atoms with Gasteiger partial charge in [-0.1, -0.05) is 58.0 Å². The molecule has 1 saturated carbocycles. The summed E-state index contributed by atoms with van der Waals surface area (Å²) in [6, 6.07) is 9.63. The van der Waals surface area contributed by atoms with E-state index in [0.29, 0.717) is 6.42 Å². The molecule has 3 nitrogen and oxygen atoms in total. The van der Waals surface area contributed by atoms with Crippen LogP contribution in [-0.4, -0.2) is 18.0 Å². The van der Waals surface area contributed by atoms with Crippen LogP contribution >= 0.6 is 0 Å². The highest BCUT2D eigenvalue weighted by Crippen LogP contribution is 2.62. The quantitative estimate of drug-likeness (QED) is 0.871. The lowest BCUT2D eigenvalue weighted by Crippen LogP contribution is -2.44. The molecule has 0 spiro atoms. The minimum atomic E-state index is -0.477. The average molecular weight is 260 g/mol. The van der Waals surface area contributed by atoms with Gasteiger partial charge in [-0.25, -0.2) is 0 Å². The van der Waals surface area contributed by atoms with Crippen molar-refractivity contribution in [3.8, 4) is 0 Å². The number of hydrogen-bond donors (Lipinski definition) is 2. The van der Waals surface area contributed by atoms with E-state index in [2.05, 4.69) is 33.0 Å². The molecule has 1 aromatic rings. The third-order valence-electron chi connectivity index (χ3n) is 4.94. The average Bonchev–Trinajstić information content (AvgIpc) is 2.73. The van der Waals surface area contributed by atoms with E-state index in [1.165, 1.54) is 0 Å². The summed E-state index contributed by atoms with van der Waals surface area (Å²) in [6.07, 6.45) is 0.584. The van der Waals surface area contributed by atoms with E-state index in [1.54, 1.807) is 0 Å². The topological polar surface area (TPSA) is 55.1 Å². The first-order valence-electron chi connectivity index (χ1n) is 6.86. The Morgan fingerprint density at radius 1 is 1.21 bits per heavy atom. The maximum Gasteiger partial charge on any atom is 0.237 e. The highest BCUT2D eigenvalue weighted by atomic mass is 16.2. The molecule has 1 unspecified atom stereocenters. The Hall–Kier alpha value is -1.35. The van der Waals surface area contributed by atoms with Crippen LogP contribution in [0.15, 0.2) is 30.3 Å². The summed E-state index contributed by atoms with van der Waals surface area (Å²) < 4.78 is 0. The monoisotopic (exact) mass is 260 g/mol. The summed E-state index contributed by atoms with van der Waals surface area (Å²) in [4.78, 5) is 12.1. The zero-order chi connectivity index (χ0) is 14.3. The highest BCUT2D eigenvalue weighted by Gasteiger charge is 2.65. The number of amides is 1. The van der Waals surface area contributed by atoms with Crippen molar-refractivity contribution in [3.63, 3.8) is 0 Å². The second kappa shape index (κ2) is 4.64. The predicted octanol–water partition coefficient (Wildman–Crippen LogP) is 2.11. The van der Waals surface area contributed by atoms with Crippen LogP contribution in [0.25, 0.3) is 0 Å². The van der Waals surface area contributed by atoms with Gasteiger partial charge in [0.05, 0.1) is 6.04 Å². The van der Waals surface area contributed by atoms with Crippen LogP contribution in [0.3, 0.4) is 0 Å². The van der Waals surface area contributed by atoms with Crippen LogP contribution < -0.4 is 11.1 Å². The molecule has 104 valence electrons. The summed E-state index contributed by atoms with van der Waals surface area (Å²) in [5, 5.41) is 3.09. The van der Waals surface area contributed by atoms with Gasteiger partial charge in [0.1, 0.15) is 0 Å². The molecule has 0 aromatic heterocycles. The predicted molar refractivity (Wildman–Crippen MR) is 77.6 cm³/mol. The van der Waals surface area contributed by atoms with Gasteiger partial charge in [0.15, 0.2) is 0 Å². The minimum Gasteiger partial charge on any atom is -0.351 e. The number of carbonyl (C=O) groups is 1. The first-order valence-corrected chi connectivity index (χ1v) is 6.86. The maximum absolute atomic E-state index is 12.1. The zero-order valence-electron chi connectivity index (χ0n) is 12.2. The Morgan fingerprint density at radius 2 is 1.74 bits per heavy atom. The molecule has 3 heteroatoms. The molecular formula is C16H24N2O. The van der Waals surface area contributed by atoms with Gasteiger partial charge in [-0.15, -0.1) is 0 Å². The van der Waals surface area contributed by atoms with Crippen molar-refractivity contribution in [2.75, 3.05) is 0 Å². The van der Waals surface area contributed by atoms with Crippen molar-refractivity contribution in [1.29, 1.82) is 0 Å². The Labute approximate surface area is 115 Å². The van der Waals surface area contributed by atoms with Crippen molar-refractivity contribution < 1.29 is 4.79 Å². The molecular weight excluding hydrogens is 236 g/mol. The largest absolute Gasteiger partial charge is 0.351 e. The van der Waals surface area contributed by atoms with Gasteiger partial charge in [0.2, 0.25) is 5.91 Å². The molecule has 1 atom stereocenters. The molecule has 0 bridgehead atoms. The minimum absolute atomic E-state index is 0.0486. The van der Waals surface area contributed by atoms with Crippen molar-refractivity contribution in [2.24, 2.45) is 16.6 Å². The van der Waals surface area contributed by atoms with Crippen molar-refractivity contribution in [2.45, 2.75) is 46.2 Å². The van der Waals surface area contributed by atoms with E-state index in [0.717, 1.165) is 5.56 Å². The third-order valence-corrected chi connectivity index (χ3v) is 4.94. The Kier molecular flexibility index (Phi) is 3.43. The Balaban J connectivity index is 1.91. The lowest BCUT2D eigenvalue weighted by atomic mass is 10.0. The molecule has 0 heterocycles. The van der Waals surface area contributed by atoms with Crippen LogP contribution in [0, 0.1) is 10.8 Å². The number of hydrogen-bond acceptors (Lipinski definition) is 2. The van der Waals surface area contributed by atoms with Crippen LogP contribution in [0.4, 0.5) is 0 Å². The third kappa shape index (κ3) is 2.52. The normalized spacial score (nSPS) is 21.7. The van der Waals surface area contributed by atoms with E-state index < -0.39 is 6.04 Å². The van der Waals surface area contributed by atoms with E-state index in [9.17, 15) is 4.79 Å². The zero-order valence-corrected chi connectivity index (χ0v) is 12.2. The number of carbonyl (C=O) groups excluding carboxylic acids is 1. The maximum atomic E-state index is 12.1. The highest BCUT2D eigenvalue weighted by molar-refractivity contribution is 5.82. The summed E-state index contributed by atoms with van der Waals surface area (Å²) >= 11 is 0. The van der Waals surface area contributed by atoms with Gasteiger partial charge < -0.3 is 11.1 Å². The molecule has 1 aliphatic rings. The Morgan fingerprint density at radius 3 is 2.21 bits per heavy atom. The van der Waals surface area contributed by atoms with Crippen LogP contribution in [0.2, 0.25) is 0 Å². The summed E-state index contributed by atoms with van der Waals surface area (Å²) in [7, 11) is 0. The summed E-state index contributed by atoms with van der Waals surface area (Å²) in [5.41, 5.74) is 7.38. The van der Waals surface area contributed by atoms with Gasteiger partial charge in [-0.05, 0) is 22.8 Å². The number of nitrogens with two attached hydrogens (primary N) is 1. The molecule has 1 fully saturated rings. The second-order valence-corrected chi connectivity index (χ2v) is 6.68. The van der Waals surface area contributed by atoms with Crippen LogP contribution in [0.5, 0.6) is 0 Å². The molecule has 3 N–H and O–H groups in total. The standard InChI is InChI=1S/C16H24N2O/c1-15(2)14(16(15,3)4)18-13(19)12(17)10-11-8-6-5-7-9-11/h5-9,12,14H,10,17H2,1-4H3,(H,18,19). The fourth-order valence-electron chi connectivity index (χ4n) is 2.77. The molecule has 1 amide bonds. The lowest BCUT2D eigenvalue weighted by molar-refractivity contribution is -0.122. The number of rotatable bonds is 4. The first-order chi connectivity index (χ1) is 8.76. The number of benzene rings is 1. The summed E-state index contributed by atoms with van der Waals surface area (Å²) in [5.74, 6) is -0.0486. The fraction of sp³-hybridized carbons (Fsp3) is 0.562. The second-order valence-electron chi connectivity index (χ2n) is 6.68. The molecule has 0 aliphatic heterocycles. The summed E-state index contributed by atoms with van der Waals surface area (Å²) in [6.45, 7) is 8.72. The smallest absolute Gasteiger partial charge is 0.237 e. The SMILES string of the molecule is CC1(C)C(NC(=O)C(N)Cc2ccccc2)C1(C)C. The molecule has 1 aromatic carbocycles. The molecule has 0 radical (unpaired) electrons. The fourth-order valence-corrected chi connectivity index (χ4v) is 2.77. The number of nitrogens with one attached hydrogen (secondary N) is 1. The Bertz CT molecular complexity index is 451. The molecule has 1 aliphatic carbocycles. The van der Waals surface area contributed by atoms with Crippen molar-refractivity contribution in [3.05, 3.63) is 35.9 Å². The van der Waals surface area contributed by atoms with Gasteiger partial charge in [0.25, 0.3) is 0 Å². The van der Waals surface area contributed by atoms with Crippen LogP contribution in [0.1, 0.15) is 33.3 Å². The van der Waals surface area contributed by atoms with Gasteiger partial charge in [0, 0.05) is 6.04 Å². The molecule has 0 saturated heterocycles. The molecule has 2 rings (SSSR count). The molecule has 19 heavy (non-hydrogen) atoms.